The first-order valence-corrected chi connectivity index (χ1v) is 7.38. The van der Waals surface area contributed by atoms with Gasteiger partial charge >= 0.3 is 0 Å². The minimum Gasteiger partial charge on any atom is -0.385 e. The van der Waals surface area contributed by atoms with E-state index < -0.39 is 6.04 Å². The van der Waals surface area contributed by atoms with E-state index in [0.717, 1.165) is 25.3 Å². The number of carbonyl (C=O) groups is 1. The molecular weight excluding hydrogens is 268 g/mol. The second-order valence-electron chi connectivity index (χ2n) is 4.81. The molecule has 0 saturated heterocycles. The largest absolute Gasteiger partial charge is 0.385 e. The molecular formula is C15H26N4O2. The van der Waals surface area contributed by atoms with Crippen LogP contribution in [0.15, 0.2) is 18.3 Å². The maximum absolute atomic E-state index is 11.9. The highest BCUT2D eigenvalue weighted by Crippen LogP contribution is 2.14. The molecule has 0 aromatic carbocycles. The number of nitrogens with zero attached hydrogens (tertiary/aromatic N) is 2. The molecule has 118 valence electrons. The van der Waals surface area contributed by atoms with E-state index in [1.54, 1.807) is 13.3 Å². The minimum absolute atomic E-state index is 0.191. The second-order valence-corrected chi connectivity index (χ2v) is 4.81. The Hall–Kier alpha value is -1.66. The van der Waals surface area contributed by atoms with E-state index in [9.17, 15) is 4.79 Å². The summed E-state index contributed by atoms with van der Waals surface area (Å²) in [4.78, 5) is 18.4. The van der Waals surface area contributed by atoms with Crippen LogP contribution in [0.3, 0.4) is 0 Å². The zero-order valence-corrected chi connectivity index (χ0v) is 13.1. The van der Waals surface area contributed by atoms with Gasteiger partial charge in [0.25, 0.3) is 0 Å². The molecule has 0 aliphatic rings. The lowest BCUT2D eigenvalue weighted by Crippen LogP contribution is -2.35. The predicted molar refractivity (Wildman–Crippen MR) is 85.5 cm³/mol. The molecule has 1 amide bonds. The van der Waals surface area contributed by atoms with Gasteiger partial charge in [-0.15, -0.1) is 0 Å². The minimum atomic E-state index is -0.525. The first-order chi connectivity index (χ1) is 10.1. The fourth-order valence-electron chi connectivity index (χ4n) is 2.01. The van der Waals surface area contributed by atoms with Gasteiger partial charge in [-0.2, -0.15) is 0 Å². The number of rotatable bonds is 9. The third-order valence-corrected chi connectivity index (χ3v) is 3.30. The van der Waals surface area contributed by atoms with Crippen LogP contribution in [0, 0.1) is 0 Å². The van der Waals surface area contributed by atoms with Crippen LogP contribution in [0.25, 0.3) is 0 Å². The highest BCUT2D eigenvalue weighted by Gasteiger charge is 2.13. The summed E-state index contributed by atoms with van der Waals surface area (Å²) in [5.41, 5.74) is 6.50. The molecule has 0 radical (unpaired) electrons. The van der Waals surface area contributed by atoms with Crippen LogP contribution in [-0.2, 0) is 9.53 Å². The van der Waals surface area contributed by atoms with Gasteiger partial charge in [0.05, 0.1) is 17.9 Å². The summed E-state index contributed by atoms with van der Waals surface area (Å²) in [6, 6.07) is 3.22. The first-order valence-electron chi connectivity index (χ1n) is 7.38. The van der Waals surface area contributed by atoms with Gasteiger partial charge in [0.15, 0.2) is 0 Å². The Bertz CT molecular complexity index is 418. The Morgan fingerprint density at radius 3 is 2.67 bits per heavy atom. The molecule has 1 aromatic heterocycles. The molecule has 1 aromatic rings. The van der Waals surface area contributed by atoms with Crippen LogP contribution in [-0.4, -0.2) is 43.7 Å². The predicted octanol–water partition coefficient (Wildman–Crippen LogP) is 1.62. The van der Waals surface area contributed by atoms with Gasteiger partial charge < -0.3 is 20.7 Å². The van der Waals surface area contributed by atoms with E-state index >= 15 is 0 Å². The Kier molecular flexibility index (Phi) is 7.71. The summed E-state index contributed by atoms with van der Waals surface area (Å²) in [6.45, 7) is 6.58. The molecule has 0 fully saturated rings. The van der Waals surface area contributed by atoms with Gasteiger partial charge in [-0.05, 0) is 38.8 Å². The maximum atomic E-state index is 11.9. The van der Waals surface area contributed by atoms with Crippen LogP contribution in [0.1, 0.15) is 26.7 Å². The molecule has 0 aliphatic heterocycles. The molecule has 1 heterocycles. The van der Waals surface area contributed by atoms with Crippen molar-refractivity contribution in [3.05, 3.63) is 18.3 Å². The fourth-order valence-corrected chi connectivity index (χ4v) is 2.01. The number of anilines is 2. The van der Waals surface area contributed by atoms with Crippen molar-refractivity contribution in [1.82, 2.24) is 4.98 Å². The van der Waals surface area contributed by atoms with Crippen molar-refractivity contribution in [3.63, 3.8) is 0 Å². The second kappa shape index (κ2) is 9.31. The number of ether oxygens (including phenoxy) is 1. The Morgan fingerprint density at radius 2 is 2.14 bits per heavy atom. The molecule has 21 heavy (non-hydrogen) atoms. The topological polar surface area (TPSA) is 80.5 Å². The quantitative estimate of drug-likeness (QED) is 0.676. The standard InChI is InChI=1S/C15H26N4O2/c1-4-19(5-2)14-9-8-12(11-17-14)18-15(20)13(16)7-6-10-21-3/h8-9,11,13H,4-7,10,16H2,1-3H3,(H,18,20). The first kappa shape index (κ1) is 17.4. The molecule has 0 aliphatic carbocycles. The zero-order valence-electron chi connectivity index (χ0n) is 13.1. The van der Waals surface area contributed by atoms with E-state index in [2.05, 4.69) is 29.0 Å². The lowest BCUT2D eigenvalue weighted by Gasteiger charge is -2.20. The number of nitrogens with one attached hydrogen (secondary N) is 1. The van der Waals surface area contributed by atoms with Crippen LogP contribution in [0.2, 0.25) is 0 Å². The third-order valence-electron chi connectivity index (χ3n) is 3.30. The summed E-state index contributed by atoms with van der Waals surface area (Å²) in [7, 11) is 1.63. The van der Waals surface area contributed by atoms with Gasteiger partial charge in [-0.1, -0.05) is 0 Å². The number of aromatic nitrogens is 1. The molecule has 3 N–H and O–H groups in total. The smallest absolute Gasteiger partial charge is 0.241 e. The molecule has 6 heteroatoms. The van der Waals surface area contributed by atoms with Crippen molar-refractivity contribution >= 4 is 17.4 Å². The molecule has 6 nitrogen and oxygen atoms in total. The van der Waals surface area contributed by atoms with E-state index in [4.69, 9.17) is 10.5 Å². The van der Waals surface area contributed by atoms with Crippen molar-refractivity contribution in [3.8, 4) is 0 Å². The molecule has 1 rings (SSSR count). The maximum Gasteiger partial charge on any atom is 0.241 e. The van der Waals surface area contributed by atoms with Gasteiger partial charge in [-0.3, -0.25) is 4.79 Å². The molecule has 1 unspecified atom stereocenters. The number of pyridine rings is 1. The average Bonchev–Trinajstić information content (AvgIpc) is 2.50. The Balaban J connectivity index is 2.53. The lowest BCUT2D eigenvalue weighted by molar-refractivity contribution is -0.117. The summed E-state index contributed by atoms with van der Waals surface area (Å²) < 4.78 is 4.95. The van der Waals surface area contributed by atoms with Crippen molar-refractivity contribution in [2.45, 2.75) is 32.7 Å². The lowest BCUT2D eigenvalue weighted by atomic mass is 10.1. The van der Waals surface area contributed by atoms with Gasteiger partial charge in [0, 0.05) is 26.8 Å². The van der Waals surface area contributed by atoms with E-state index in [1.807, 2.05) is 12.1 Å². The average molecular weight is 294 g/mol. The van der Waals surface area contributed by atoms with Crippen LogP contribution in [0.5, 0.6) is 0 Å². The summed E-state index contributed by atoms with van der Waals surface area (Å²) in [5, 5.41) is 2.79. The summed E-state index contributed by atoms with van der Waals surface area (Å²) >= 11 is 0. The zero-order chi connectivity index (χ0) is 15.7. The van der Waals surface area contributed by atoms with Gasteiger partial charge in [0.1, 0.15) is 5.82 Å². The molecule has 0 spiro atoms. The fraction of sp³-hybridized carbons (Fsp3) is 0.600. The van der Waals surface area contributed by atoms with Crippen LogP contribution in [0.4, 0.5) is 11.5 Å². The van der Waals surface area contributed by atoms with Crippen molar-refractivity contribution in [2.75, 3.05) is 37.0 Å². The van der Waals surface area contributed by atoms with Crippen LogP contribution < -0.4 is 16.0 Å². The Morgan fingerprint density at radius 1 is 1.43 bits per heavy atom. The van der Waals surface area contributed by atoms with E-state index in [1.165, 1.54) is 0 Å². The van der Waals surface area contributed by atoms with Crippen molar-refractivity contribution in [1.29, 1.82) is 0 Å². The highest BCUT2D eigenvalue weighted by molar-refractivity contribution is 5.94. The molecule has 0 bridgehead atoms. The van der Waals surface area contributed by atoms with E-state index in [0.29, 0.717) is 18.7 Å². The number of carbonyl (C=O) groups excluding carboxylic acids is 1. The highest BCUT2D eigenvalue weighted by atomic mass is 16.5. The number of nitrogens with two attached hydrogens (primary N) is 1. The van der Waals surface area contributed by atoms with Gasteiger partial charge in [-0.25, -0.2) is 4.98 Å². The molecule has 0 saturated carbocycles. The SMILES string of the molecule is CCN(CC)c1ccc(NC(=O)C(N)CCCOC)cn1. The third kappa shape index (κ3) is 5.69. The van der Waals surface area contributed by atoms with Gasteiger partial charge in [0.2, 0.25) is 5.91 Å². The normalized spacial score (nSPS) is 12.0. The monoisotopic (exact) mass is 294 g/mol. The Labute approximate surface area is 126 Å². The number of hydrogen-bond acceptors (Lipinski definition) is 5. The summed E-state index contributed by atoms with van der Waals surface area (Å²) in [5.74, 6) is 0.714. The van der Waals surface area contributed by atoms with Crippen molar-refractivity contribution in [2.24, 2.45) is 5.73 Å². The number of methoxy groups -OCH3 is 1. The molecule has 1 atom stereocenters. The summed E-state index contributed by atoms with van der Waals surface area (Å²) in [6.07, 6.45) is 3.03. The van der Waals surface area contributed by atoms with Crippen LogP contribution >= 0.6 is 0 Å². The van der Waals surface area contributed by atoms with E-state index in [-0.39, 0.29) is 5.91 Å². The number of amides is 1. The number of hydrogen-bond donors (Lipinski definition) is 2. The van der Waals surface area contributed by atoms with Crippen molar-refractivity contribution < 1.29 is 9.53 Å².